The first-order chi connectivity index (χ1) is 15.4. The van der Waals surface area contributed by atoms with Crippen molar-refractivity contribution in [2.45, 2.75) is 27.3 Å². The molecule has 3 rings (SSSR count). The fourth-order valence-corrected chi connectivity index (χ4v) is 3.99. The van der Waals surface area contributed by atoms with E-state index in [4.69, 9.17) is 18.9 Å². The lowest BCUT2D eigenvalue weighted by atomic mass is 10.0. The van der Waals surface area contributed by atoms with Crippen LogP contribution in [0.2, 0.25) is 0 Å². The molecule has 0 aliphatic heterocycles. The number of aromatic nitrogens is 1. The SMILES string of the molecule is CCn1c(-c2ccc(OC)cc2)c(C)c2c(/C=C(\C)C(=O)O)cc(OC)c(OCOC)c21. The lowest BCUT2D eigenvalue weighted by Gasteiger charge is -2.16. The number of methoxy groups -OCH3 is 3. The number of ether oxygens (including phenoxy) is 4. The van der Waals surface area contributed by atoms with E-state index in [-0.39, 0.29) is 12.4 Å². The van der Waals surface area contributed by atoms with Crippen LogP contribution in [0.15, 0.2) is 35.9 Å². The fraction of sp³-hybridized carbons (Fsp3) is 0.320. The topological polar surface area (TPSA) is 79.2 Å². The van der Waals surface area contributed by atoms with E-state index >= 15 is 0 Å². The van der Waals surface area contributed by atoms with Gasteiger partial charge in [-0.1, -0.05) is 0 Å². The van der Waals surface area contributed by atoms with Crippen LogP contribution in [0.4, 0.5) is 0 Å². The van der Waals surface area contributed by atoms with Gasteiger partial charge in [0.1, 0.15) is 5.75 Å². The molecule has 1 heterocycles. The molecule has 32 heavy (non-hydrogen) atoms. The minimum atomic E-state index is -0.972. The van der Waals surface area contributed by atoms with Gasteiger partial charge in [-0.2, -0.15) is 0 Å². The fourth-order valence-electron chi connectivity index (χ4n) is 3.99. The van der Waals surface area contributed by atoms with Crippen LogP contribution in [0.3, 0.4) is 0 Å². The first-order valence-electron chi connectivity index (χ1n) is 10.3. The molecular formula is C25H29NO6. The zero-order valence-electron chi connectivity index (χ0n) is 19.3. The molecule has 0 aliphatic carbocycles. The summed E-state index contributed by atoms with van der Waals surface area (Å²) in [5.41, 5.74) is 4.86. The van der Waals surface area contributed by atoms with E-state index in [0.717, 1.165) is 39.0 Å². The number of hydrogen-bond donors (Lipinski definition) is 1. The van der Waals surface area contributed by atoms with Crippen LogP contribution in [0.25, 0.3) is 28.2 Å². The largest absolute Gasteiger partial charge is 0.497 e. The second-order valence-corrected chi connectivity index (χ2v) is 7.35. The second-order valence-electron chi connectivity index (χ2n) is 7.35. The Balaban J connectivity index is 2.45. The minimum Gasteiger partial charge on any atom is -0.497 e. The number of aliphatic carboxylic acids is 1. The zero-order valence-corrected chi connectivity index (χ0v) is 19.3. The highest BCUT2D eigenvalue weighted by Gasteiger charge is 2.24. The molecule has 0 unspecified atom stereocenters. The second kappa shape index (κ2) is 9.78. The Kier molecular flexibility index (Phi) is 7.10. The molecule has 0 fully saturated rings. The van der Waals surface area contributed by atoms with Gasteiger partial charge in [-0.05, 0) is 73.9 Å². The predicted molar refractivity (Wildman–Crippen MR) is 125 cm³/mol. The summed E-state index contributed by atoms with van der Waals surface area (Å²) in [5, 5.41) is 10.4. The number of carboxylic acid groups (broad SMARTS) is 1. The van der Waals surface area contributed by atoms with Crippen LogP contribution >= 0.6 is 0 Å². The third-order valence-corrected chi connectivity index (χ3v) is 5.45. The van der Waals surface area contributed by atoms with E-state index in [1.54, 1.807) is 34.3 Å². The third-order valence-electron chi connectivity index (χ3n) is 5.45. The van der Waals surface area contributed by atoms with Crippen LogP contribution in [0.5, 0.6) is 17.2 Å². The van der Waals surface area contributed by atoms with E-state index in [0.29, 0.717) is 18.0 Å². The lowest BCUT2D eigenvalue weighted by molar-refractivity contribution is -0.132. The Bertz CT molecular complexity index is 1160. The average Bonchev–Trinajstić information content (AvgIpc) is 3.10. The molecule has 0 saturated carbocycles. The molecule has 7 heteroatoms. The quantitative estimate of drug-likeness (QED) is 0.368. The van der Waals surface area contributed by atoms with Crippen molar-refractivity contribution < 1.29 is 28.8 Å². The monoisotopic (exact) mass is 439 g/mol. The maximum Gasteiger partial charge on any atom is 0.331 e. The van der Waals surface area contributed by atoms with Crippen molar-refractivity contribution in [3.63, 3.8) is 0 Å². The maximum atomic E-state index is 11.5. The average molecular weight is 440 g/mol. The van der Waals surface area contributed by atoms with E-state index in [1.165, 1.54) is 0 Å². The number of fused-ring (bicyclic) bond motifs is 1. The summed E-state index contributed by atoms with van der Waals surface area (Å²) in [6.07, 6.45) is 1.66. The van der Waals surface area contributed by atoms with Gasteiger partial charge in [0.05, 0.1) is 25.4 Å². The predicted octanol–water partition coefficient (Wildman–Crippen LogP) is 5.12. The van der Waals surface area contributed by atoms with E-state index in [2.05, 4.69) is 11.5 Å². The van der Waals surface area contributed by atoms with Gasteiger partial charge >= 0.3 is 5.97 Å². The first-order valence-corrected chi connectivity index (χ1v) is 10.3. The van der Waals surface area contributed by atoms with Gasteiger partial charge in [0.15, 0.2) is 18.3 Å². The van der Waals surface area contributed by atoms with Gasteiger partial charge in [0, 0.05) is 24.6 Å². The van der Waals surface area contributed by atoms with Crippen LogP contribution < -0.4 is 14.2 Å². The normalized spacial score (nSPS) is 11.6. The number of carboxylic acids is 1. The van der Waals surface area contributed by atoms with E-state index < -0.39 is 5.97 Å². The summed E-state index contributed by atoms with van der Waals surface area (Å²) >= 11 is 0. The number of hydrogen-bond acceptors (Lipinski definition) is 5. The molecule has 170 valence electrons. The molecule has 1 N–H and O–H groups in total. The standard InChI is InChI=1S/C25H29NO6/c1-7-26-22(17-8-10-19(30-5)11-9-17)16(3)21-18(12-15(2)25(27)28)13-20(31-6)24(23(21)26)32-14-29-4/h8-13H,7,14H2,1-6H3,(H,27,28)/b15-12+. The molecule has 0 spiro atoms. The lowest BCUT2D eigenvalue weighted by Crippen LogP contribution is -2.05. The molecule has 2 aromatic carbocycles. The summed E-state index contributed by atoms with van der Waals surface area (Å²) in [6.45, 7) is 6.40. The van der Waals surface area contributed by atoms with Crippen LogP contribution in [-0.2, 0) is 16.1 Å². The minimum absolute atomic E-state index is 0.0562. The Hall–Kier alpha value is -3.45. The van der Waals surface area contributed by atoms with Crippen molar-refractivity contribution >= 4 is 22.9 Å². The summed E-state index contributed by atoms with van der Waals surface area (Å²) in [7, 11) is 4.76. The Morgan fingerprint density at radius 3 is 2.34 bits per heavy atom. The van der Waals surface area contributed by atoms with Gasteiger partial charge in [-0.25, -0.2) is 4.79 Å². The Labute approximate surface area is 187 Å². The number of aryl methyl sites for hydroxylation is 2. The summed E-state index contributed by atoms with van der Waals surface area (Å²) in [6, 6.07) is 9.67. The van der Waals surface area contributed by atoms with Crippen LogP contribution in [-0.4, -0.2) is 43.8 Å². The van der Waals surface area contributed by atoms with Crippen molar-refractivity contribution in [2.75, 3.05) is 28.1 Å². The molecule has 7 nitrogen and oxygen atoms in total. The highest BCUT2D eigenvalue weighted by Crippen LogP contribution is 2.45. The molecule has 0 saturated heterocycles. The van der Waals surface area contributed by atoms with Gasteiger partial charge < -0.3 is 28.6 Å². The van der Waals surface area contributed by atoms with Gasteiger partial charge in [0.2, 0.25) is 0 Å². The van der Waals surface area contributed by atoms with E-state index in [9.17, 15) is 9.90 Å². The van der Waals surface area contributed by atoms with Crippen molar-refractivity contribution in [3.8, 4) is 28.5 Å². The number of rotatable bonds is 9. The highest BCUT2D eigenvalue weighted by molar-refractivity contribution is 6.04. The van der Waals surface area contributed by atoms with Crippen molar-refractivity contribution in [3.05, 3.63) is 47.0 Å². The smallest absolute Gasteiger partial charge is 0.331 e. The van der Waals surface area contributed by atoms with Crippen molar-refractivity contribution in [1.29, 1.82) is 0 Å². The molecule has 0 aliphatic rings. The molecule has 0 bridgehead atoms. The van der Waals surface area contributed by atoms with Crippen molar-refractivity contribution in [1.82, 2.24) is 4.57 Å². The molecule has 0 radical (unpaired) electrons. The van der Waals surface area contributed by atoms with Gasteiger partial charge in [-0.15, -0.1) is 0 Å². The summed E-state index contributed by atoms with van der Waals surface area (Å²) in [4.78, 5) is 11.5. The number of benzene rings is 2. The molecule has 0 atom stereocenters. The number of carbonyl (C=O) groups is 1. The molecule has 0 amide bonds. The van der Waals surface area contributed by atoms with E-state index in [1.807, 2.05) is 37.3 Å². The Morgan fingerprint density at radius 2 is 1.81 bits per heavy atom. The highest BCUT2D eigenvalue weighted by atomic mass is 16.7. The van der Waals surface area contributed by atoms with Gasteiger partial charge in [-0.3, -0.25) is 0 Å². The first kappa shape index (κ1) is 23.2. The third kappa shape index (κ3) is 4.16. The van der Waals surface area contributed by atoms with Crippen molar-refractivity contribution in [2.24, 2.45) is 0 Å². The Morgan fingerprint density at radius 1 is 1.12 bits per heavy atom. The number of nitrogens with zero attached hydrogens (tertiary/aromatic N) is 1. The zero-order chi connectivity index (χ0) is 23.4. The van der Waals surface area contributed by atoms with Crippen LogP contribution in [0, 0.1) is 6.92 Å². The van der Waals surface area contributed by atoms with Crippen LogP contribution in [0.1, 0.15) is 25.0 Å². The molecular weight excluding hydrogens is 410 g/mol. The summed E-state index contributed by atoms with van der Waals surface area (Å²) < 4.78 is 24.2. The van der Waals surface area contributed by atoms with Gasteiger partial charge in [0.25, 0.3) is 0 Å². The summed E-state index contributed by atoms with van der Waals surface area (Å²) in [5.74, 6) is 0.864. The maximum absolute atomic E-state index is 11.5. The molecule has 1 aromatic heterocycles. The molecule has 3 aromatic rings.